The Morgan fingerprint density at radius 2 is 1.96 bits per heavy atom. The maximum Gasteiger partial charge on any atom is 0.277 e. The number of halogens is 1. The van der Waals surface area contributed by atoms with Crippen molar-refractivity contribution in [3.63, 3.8) is 0 Å². The van der Waals surface area contributed by atoms with Crippen LogP contribution >= 0.6 is 15.9 Å². The zero-order valence-electron chi connectivity index (χ0n) is 13.1. The Kier molecular flexibility index (Phi) is 6.47. The molecule has 2 rings (SSSR count). The van der Waals surface area contributed by atoms with Gasteiger partial charge >= 0.3 is 0 Å². The van der Waals surface area contributed by atoms with Gasteiger partial charge in [-0.3, -0.25) is 14.9 Å². The molecule has 0 aliphatic carbocycles. The number of nitro groups is 1. The second-order valence-corrected chi connectivity index (χ2v) is 5.57. The molecule has 130 valence electrons. The fourth-order valence-corrected chi connectivity index (χ4v) is 2.12. The van der Waals surface area contributed by atoms with Crippen LogP contribution < -0.4 is 14.9 Å². The molecule has 0 aliphatic heterocycles. The fraction of sp³-hybridized carbons (Fsp3) is 0.125. The first-order valence-electron chi connectivity index (χ1n) is 7.02. The van der Waals surface area contributed by atoms with Crippen LogP contribution in [0.4, 0.5) is 5.69 Å². The van der Waals surface area contributed by atoms with Crippen molar-refractivity contribution in [1.29, 1.82) is 0 Å². The van der Waals surface area contributed by atoms with E-state index in [1.807, 2.05) is 0 Å². The van der Waals surface area contributed by atoms with E-state index < -0.39 is 10.8 Å². The second kappa shape index (κ2) is 8.78. The molecule has 9 heteroatoms. The Morgan fingerprint density at radius 3 is 2.60 bits per heavy atom. The predicted octanol–water partition coefficient (Wildman–Crippen LogP) is 2.90. The lowest BCUT2D eigenvalue weighted by Crippen LogP contribution is -2.24. The number of nitrogens with zero attached hydrogens (tertiary/aromatic N) is 2. The highest BCUT2D eigenvalue weighted by molar-refractivity contribution is 9.10. The summed E-state index contributed by atoms with van der Waals surface area (Å²) in [5.41, 5.74) is 3.01. The summed E-state index contributed by atoms with van der Waals surface area (Å²) in [6.07, 6.45) is 1.47. The van der Waals surface area contributed by atoms with E-state index in [0.717, 1.165) is 10.0 Å². The fourth-order valence-electron chi connectivity index (χ4n) is 1.77. The van der Waals surface area contributed by atoms with Crippen LogP contribution in [-0.4, -0.2) is 30.8 Å². The van der Waals surface area contributed by atoms with Gasteiger partial charge in [-0.1, -0.05) is 15.9 Å². The maximum absolute atomic E-state index is 11.7. The van der Waals surface area contributed by atoms with Crippen molar-refractivity contribution < 1.29 is 19.2 Å². The van der Waals surface area contributed by atoms with Gasteiger partial charge in [0, 0.05) is 22.2 Å². The number of nitro benzene ring substituents is 1. The van der Waals surface area contributed by atoms with Crippen LogP contribution in [0.15, 0.2) is 52.0 Å². The lowest BCUT2D eigenvalue weighted by atomic mass is 10.2. The number of hydrazone groups is 1. The third-order valence-corrected chi connectivity index (χ3v) is 3.74. The molecular weight excluding hydrogens is 394 g/mol. The molecule has 0 saturated heterocycles. The Morgan fingerprint density at radius 1 is 1.28 bits per heavy atom. The van der Waals surface area contributed by atoms with Crippen LogP contribution in [0, 0.1) is 10.1 Å². The summed E-state index contributed by atoms with van der Waals surface area (Å²) in [5, 5.41) is 14.4. The molecular formula is C16H14BrN3O5. The van der Waals surface area contributed by atoms with Crippen LogP contribution in [0.1, 0.15) is 5.56 Å². The van der Waals surface area contributed by atoms with Gasteiger partial charge in [-0.15, -0.1) is 0 Å². The summed E-state index contributed by atoms with van der Waals surface area (Å²) >= 11 is 3.37. The van der Waals surface area contributed by atoms with Crippen molar-refractivity contribution in [3.05, 3.63) is 62.6 Å². The van der Waals surface area contributed by atoms with Gasteiger partial charge in [-0.2, -0.15) is 5.10 Å². The van der Waals surface area contributed by atoms with Crippen molar-refractivity contribution in [2.75, 3.05) is 13.7 Å². The van der Waals surface area contributed by atoms with Crippen molar-refractivity contribution in [3.8, 4) is 11.5 Å². The Hall–Kier alpha value is -2.94. The molecule has 0 radical (unpaired) electrons. The van der Waals surface area contributed by atoms with Gasteiger partial charge in [0.1, 0.15) is 11.5 Å². The smallest absolute Gasteiger partial charge is 0.277 e. The number of hydrogen-bond donors (Lipinski definition) is 1. The Balaban J connectivity index is 1.85. The third-order valence-electron chi connectivity index (χ3n) is 3.01. The van der Waals surface area contributed by atoms with Crippen molar-refractivity contribution in [1.82, 2.24) is 5.43 Å². The van der Waals surface area contributed by atoms with Crippen molar-refractivity contribution in [2.45, 2.75) is 0 Å². The number of rotatable bonds is 7. The average molecular weight is 408 g/mol. The minimum atomic E-state index is -0.512. The lowest BCUT2D eigenvalue weighted by molar-refractivity contribution is -0.384. The predicted molar refractivity (Wildman–Crippen MR) is 95.0 cm³/mol. The molecule has 8 nitrogen and oxygen atoms in total. The highest BCUT2D eigenvalue weighted by Gasteiger charge is 2.06. The van der Waals surface area contributed by atoms with Gasteiger partial charge in [0.2, 0.25) is 0 Å². The molecule has 2 aromatic carbocycles. The molecule has 0 atom stereocenters. The van der Waals surface area contributed by atoms with Crippen molar-refractivity contribution >= 4 is 33.7 Å². The van der Waals surface area contributed by atoms with E-state index in [4.69, 9.17) is 9.47 Å². The van der Waals surface area contributed by atoms with Gasteiger partial charge in [-0.05, 0) is 30.3 Å². The number of ether oxygens (including phenoxy) is 2. The molecule has 0 unspecified atom stereocenters. The molecule has 25 heavy (non-hydrogen) atoms. The van der Waals surface area contributed by atoms with E-state index in [1.165, 1.54) is 30.5 Å². The molecule has 1 N–H and O–H groups in total. The van der Waals surface area contributed by atoms with Crippen molar-refractivity contribution in [2.24, 2.45) is 5.10 Å². The van der Waals surface area contributed by atoms with Gasteiger partial charge in [0.05, 0.1) is 18.2 Å². The summed E-state index contributed by atoms with van der Waals surface area (Å²) < 4.78 is 11.1. The highest BCUT2D eigenvalue weighted by Crippen LogP contribution is 2.20. The SMILES string of the molecule is COc1ccc(Br)c(C=NNC(=O)COc2ccc([N+](=O)[O-])cc2)c1. The van der Waals surface area contributed by atoms with E-state index in [1.54, 1.807) is 25.3 Å². The first kappa shape index (κ1) is 18.4. The summed E-state index contributed by atoms with van der Waals surface area (Å²) in [5.74, 6) is 0.548. The van der Waals surface area contributed by atoms with E-state index >= 15 is 0 Å². The van der Waals surface area contributed by atoms with Crippen LogP contribution in [0.5, 0.6) is 11.5 Å². The van der Waals surface area contributed by atoms with Crippen LogP contribution in [0.2, 0.25) is 0 Å². The first-order valence-corrected chi connectivity index (χ1v) is 7.81. The summed E-state index contributed by atoms with van der Waals surface area (Å²) in [4.78, 5) is 21.7. The first-order chi connectivity index (χ1) is 12.0. The molecule has 0 aromatic heterocycles. The number of benzene rings is 2. The molecule has 0 saturated carbocycles. The number of nitrogens with one attached hydrogen (secondary N) is 1. The number of non-ortho nitro benzene ring substituents is 1. The lowest BCUT2D eigenvalue weighted by Gasteiger charge is -2.05. The topological polar surface area (TPSA) is 103 Å². The minimum absolute atomic E-state index is 0.0507. The highest BCUT2D eigenvalue weighted by atomic mass is 79.9. The Bertz CT molecular complexity index is 793. The zero-order chi connectivity index (χ0) is 18.2. The van der Waals surface area contributed by atoms with Gasteiger partial charge in [0.15, 0.2) is 6.61 Å². The largest absolute Gasteiger partial charge is 0.497 e. The Labute approximate surface area is 151 Å². The normalized spacial score (nSPS) is 10.5. The van der Waals surface area contributed by atoms with Crippen LogP contribution in [-0.2, 0) is 4.79 Å². The maximum atomic E-state index is 11.7. The molecule has 0 bridgehead atoms. The number of hydrogen-bond acceptors (Lipinski definition) is 6. The monoisotopic (exact) mass is 407 g/mol. The second-order valence-electron chi connectivity index (χ2n) is 4.72. The summed E-state index contributed by atoms with van der Waals surface area (Å²) in [6.45, 7) is -0.269. The molecule has 1 amide bonds. The van der Waals surface area contributed by atoms with Gasteiger partial charge in [-0.25, -0.2) is 5.43 Å². The minimum Gasteiger partial charge on any atom is -0.497 e. The number of carbonyl (C=O) groups is 1. The van der Waals surface area contributed by atoms with Gasteiger partial charge < -0.3 is 9.47 Å². The van der Waals surface area contributed by atoms with E-state index in [0.29, 0.717) is 11.5 Å². The zero-order valence-corrected chi connectivity index (χ0v) is 14.7. The number of carbonyl (C=O) groups excluding carboxylic acids is 1. The van der Waals surface area contributed by atoms with Crippen LogP contribution in [0.25, 0.3) is 0 Å². The molecule has 0 aliphatic rings. The summed E-state index contributed by atoms with van der Waals surface area (Å²) in [6, 6.07) is 10.8. The molecule has 0 spiro atoms. The summed E-state index contributed by atoms with van der Waals surface area (Å²) in [7, 11) is 1.56. The number of amides is 1. The van der Waals surface area contributed by atoms with E-state index in [9.17, 15) is 14.9 Å². The number of methoxy groups -OCH3 is 1. The molecule has 2 aromatic rings. The molecule has 0 heterocycles. The third kappa shape index (κ3) is 5.57. The van der Waals surface area contributed by atoms with E-state index in [-0.39, 0.29) is 12.3 Å². The van der Waals surface area contributed by atoms with Gasteiger partial charge in [0.25, 0.3) is 11.6 Å². The molecule has 0 fully saturated rings. The van der Waals surface area contributed by atoms with Crippen LogP contribution in [0.3, 0.4) is 0 Å². The van der Waals surface area contributed by atoms with E-state index in [2.05, 4.69) is 26.5 Å². The quantitative estimate of drug-likeness (QED) is 0.431. The standard InChI is InChI=1S/C16H14BrN3O5/c1-24-14-6-7-15(17)11(8-14)9-18-19-16(21)10-25-13-4-2-12(3-5-13)20(22)23/h2-9H,10H2,1H3,(H,19,21). The average Bonchev–Trinajstić information content (AvgIpc) is 2.62.